The highest BCUT2D eigenvalue weighted by molar-refractivity contribution is 6.31. The summed E-state index contributed by atoms with van der Waals surface area (Å²) >= 11 is 10.9. The van der Waals surface area contributed by atoms with Crippen LogP contribution in [0.15, 0.2) is 46.7 Å². The Bertz CT molecular complexity index is 802. The molecule has 0 fully saturated rings. The summed E-state index contributed by atoms with van der Waals surface area (Å²) in [5.74, 6) is 0. The Morgan fingerprint density at radius 3 is 1.84 bits per heavy atom. The molecule has 11 heteroatoms. The van der Waals surface area contributed by atoms with E-state index in [-0.39, 0.29) is 11.4 Å². The lowest BCUT2D eigenvalue weighted by atomic mass is 10.2. The number of nitrogens with zero attached hydrogens (tertiary/aromatic N) is 2. The zero-order valence-electron chi connectivity index (χ0n) is 11.9. The third kappa shape index (κ3) is 4.99. The molecule has 0 radical (unpaired) electrons. The second-order valence-electron chi connectivity index (χ2n) is 4.67. The van der Waals surface area contributed by atoms with Crippen molar-refractivity contribution in [2.45, 2.75) is 12.4 Å². The van der Waals surface area contributed by atoms with Gasteiger partial charge in [-0.25, -0.2) is 0 Å². The van der Waals surface area contributed by atoms with Gasteiger partial charge >= 0.3 is 12.4 Å². The van der Waals surface area contributed by atoms with Crippen LogP contribution in [0.3, 0.4) is 0 Å². The van der Waals surface area contributed by atoms with Gasteiger partial charge in [-0.15, -0.1) is 5.11 Å². The van der Waals surface area contributed by atoms with Crippen LogP contribution < -0.4 is 5.43 Å². The molecule has 2 aromatic carbocycles. The summed E-state index contributed by atoms with van der Waals surface area (Å²) in [5, 5.41) is 5.84. The molecule has 3 nitrogen and oxygen atoms in total. The van der Waals surface area contributed by atoms with Crippen LogP contribution in [0.5, 0.6) is 0 Å². The maximum atomic E-state index is 12.7. The van der Waals surface area contributed by atoms with Gasteiger partial charge in [0.2, 0.25) is 0 Å². The average molecular weight is 402 g/mol. The first kappa shape index (κ1) is 19.3. The maximum absolute atomic E-state index is 12.7. The van der Waals surface area contributed by atoms with Crippen LogP contribution in [0, 0.1) is 0 Å². The fourth-order valence-corrected chi connectivity index (χ4v) is 2.19. The lowest BCUT2D eigenvalue weighted by Gasteiger charge is -2.10. The number of hydrogen-bond donors (Lipinski definition) is 1. The number of anilines is 1. The number of rotatable bonds is 3. The van der Waals surface area contributed by atoms with Crippen molar-refractivity contribution in [3.8, 4) is 0 Å². The molecule has 0 aliphatic heterocycles. The van der Waals surface area contributed by atoms with Crippen molar-refractivity contribution in [3.63, 3.8) is 0 Å². The summed E-state index contributed by atoms with van der Waals surface area (Å²) in [5.41, 5.74) is -0.271. The average Bonchev–Trinajstić information content (AvgIpc) is 2.48. The van der Waals surface area contributed by atoms with Gasteiger partial charge in [0.05, 0.1) is 32.5 Å². The zero-order chi connectivity index (χ0) is 18.8. The molecule has 0 aromatic heterocycles. The minimum absolute atomic E-state index is 0.0921. The molecule has 0 bridgehead atoms. The summed E-state index contributed by atoms with van der Waals surface area (Å²) in [6, 6.07) is 5.74. The van der Waals surface area contributed by atoms with E-state index in [0.29, 0.717) is 12.1 Å². The monoisotopic (exact) mass is 401 g/mol. The molecular formula is C14H7Cl2F6N3. The Balaban J connectivity index is 2.20. The van der Waals surface area contributed by atoms with E-state index < -0.39 is 33.5 Å². The van der Waals surface area contributed by atoms with Crippen LogP contribution in [-0.4, -0.2) is 0 Å². The summed E-state index contributed by atoms with van der Waals surface area (Å²) in [7, 11) is 0. The number of benzene rings is 2. The fraction of sp³-hybridized carbons (Fsp3) is 0.143. The lowest BCUT2D eigenvalue weighted by Crippen LogP contribution is -2.06. The number of hydrogen-bond acceptors (Lipinski definition) is 2. The molecule has 0 spiro atoms. The lowest BCUT2D eigenvalue weighted by molar-refractivity contribution is -0.138. The molecule has 0 unspecified atom stereocenters. The molecule has 134 valence electrons. The van der Waals surface area contributed by atoms with Gasteiger partial charge in [-0.1, -0.05) is 28.4 Å². The van der Waals surface area contributed by atoms with Crippen LogP contribution in [-0.2, 0) is 12.4 Å². The van der Waals surface area contributed by atoms with Crippen LogP contribution in [0.4, 0.5) is 37.7 Å². The SMILES string of the molecule is FC(F)(F)c1cc(N=NNc2ccc(Cl)c(C(F)(F)F)c2)ccc1Cl. The topological polar surface area (TPSA) is 36.8 Å². The summed E-state index contributed by atoms with van der Waals surface area (Å²) in [6.45, 7) is 0. The van der Waals surface area contributed by atoms with E-state index in [0.717, 1.165) is 12.1 Å². The van der Waals surface area contributed by atoms with E-state index in [9.17, 15) is 26.3 Å². The van der Waals surface area contributed by atoms with Crippen molar-refractivity contribution in [1.29, 1.82) is 0 Å². The van der Waals surface area contributed by atoms with Crippen LogP contribution in [0.2, 0.25) is 10.0 Å². The van der Waals surface area contributed by atoms with E-state index >= 15 is 0 Å². The number of halogens is 8. The van der Waals surface area contributed by atoms with Crippen LogP contribution in [0.25, 0.3) is 0 Å². The van der Waals surface area contributed by atoms with Crippen LogP contribution in [0.1, 0.15) is 11.1 Å². The largest absolute Gasteiger partial charge is 0.417 e. The number of nitrogens with one attached hydrogen (secondary N) is 1. The van der Waals surface area contributed by atoms with E-state index in [1.807, 2.05) is 0 Å². The molecule has 1 N–H and O–H groups in total. The van der Waals surface area contributed by atoms with Gasteiger partial charge in [-0.3, -0.25) is 5.43 Å². The summed E-state index contributed by atoms with van der Waals surface area (Å²) in [6.07, 6.45) is -9.34. The quantitative estimate of drug-likeness (QED) is 0.331. The first-order valence-corrected chi connectivity index (χ1v) is 7.14. The fourth-order valence-electron chi connectivity index (χ4n) is 1.75. The molecule has 2 aromatic rings. The molecule has 0 saturated carbocycles. The van der Waals surface area contributed by atoms with Gasteiger partial charge in [-0.05, 0) is 36.4 Å². The van der Waals surface area contributed by atoms with Crippen LogP contribution >= 0.6 is 23.2 Å². The smallest absolute Gasteiger partial charge is 0.260 e. The molecule has 0 amide bonds. The predicted octanol–water partition coefficient (Wildman–Crippen LogP) is 7.14. The minimum Gasteiger partial charge on any atom is -0.260 e. The highest BCUT2D eigenvalue weighted by Gasteiger charge is 2.34. The van der Waals surface area contributed by atoms with E-state index in [1.165, 1.54) is 12.1 Å². The van der Waals surface area contributed by atoms with Crippen molar-refractivity contribution in [3.05, 3.63) is 57.6 Å². The molecule has 0 saturated heterocycles. The highest BCUT2D eigenvalue weighted by Crippen LogP contribution is 2.37. The molecule has 0 aliphatic rings. The van der Waals surface area contributed by atoms with Gasteiger partial charge in [0.1, 0.15) is 0 Å². The van der Waals surface area contributed by atoms with E-state index in [2.05, 4.69) is 15.8 Å². The van der Waals surface area contributed by atoms with Gasteiger partial charge in [-0.2, -0.15) is 26.3 Å². The number of alkyl halides is 6. The summed E-state index contributed by atoms with van der Waals surface area (Å²) < 4.78 is 76.3. The Labute approximate surface area is 147 Å². The Morgan fingerprint density at radius 1 is 0.760 bits per heavy atom. The highest BCUT2D eigenvalue weighted by atomic mass is 35.5. The third-order valence-electron chi connectivity index (χ3n) is 2.87. The van der Waals surface area contributed by atoms with Gasteiger partial charge < -0.3 is 0 Å². The van der Waals surface area contributed by atoms with Crippen molar-refractivity contribution in [2.24, 2.45) is 10.3 Å². The first-order chi connectivity index (χ1) is 11.5. The Kier molecular flexibility index (Phi) is 5.48. The standard InChI is InChI=1S/C14H7Cl2F6N3/c15-11-3-1-7(5-9(11)13(17,18)19)23-25-24-8-2-4-12(16)10(6-8)14(20,21)22/h1-6H,(H,23,24). The molecular weight excluding hydrogens is 395 g/mol. The first-order valence-electron chi connectivity index (χ1n) is 6.39. The maximum Gasteiger partial charge on any atom is 0.417 e. The predicted molar refractivity (Wildman–Crippen MR) is 81.0 cm³/mol. The minimum atomic E-state index is -4.67. The molecule has 0 atom stereocenters. The molecule has 0 aliphatic carbocycles. The van der Waals surface area contributed by atoms with E-state index in [1.54, 1.807) is 0 Å². The van der Waals surface area contributed by atoms with Gasteiger partial charge in [0, 0.05) is 0 Å². The molecule has 0 heterocycles. The normalized spacial score (nSPS) is 12.6. The molecule has 2 rings (SSSR count). The Hall–Kier alpha value is -2.00. The molecule has 25 heavy (non-hydrogen) atoms. The van der Waals surface area contributed by atoms with Crippen molar-refractivity contribution in [1.82, 2.24) is 0 Å². The van der Waals surface area contributed by atoms with Crippen molar-refractivity contribution in [2.75, 3.05) is 5.43 Å². The second-order valence-corrected chi connectivity index (χ2v) is 5.48. The van der Waals surface area contributed by atoms with Crippen molar-refractivity contribution >= 4 is 34.6 Å². The van der Waals surface area contributed by atoms with Crippen molar-refractivity contribution < 1.29 is 26.3 Å². The third-order valence-corrected chi connectivity index (χ3v) is 3.53. The van der Waals surface area contributed by atoms with Gasteiger partial charge in [0.25, 0.3) is 0 Å². The second kappa shape index (κ2) is 7.09. The zero-order valence-corrected chi connectivity index (χ0v) is 13.4. The van der Waals surface area contributed by atoms with Gasteiger partial charge in [0.15, 0.2) is 0 Å². The Morgan fingerprint density at radius 2 is 1.28 bits per heavy atom. The summed E-state index contributed by atoms with van der Waals surface area (Å²) in [4.78, 5) is 0. The van der Waals surface area contributed by atoms with E-state index in [4.69, 9.17) is 23.2 Å².